The maximum atomic E-state index is 13.2. The minimum atomic E-state index is -4.58. The van der Waals surface area contributed by atoms with Crippen molar-refractivity contribution in [3.8, 4) is 40.0 Å². The lowest BCUT2D eigenvalue weighted by Gasteiger charge is -2.19. The van der Waals surface area contributed by atoms with Gasteiger partial charge in [0.25, 0.3) is 17.3 Å². The molecule has 1 aromatic carbocycles. The highest BCUT2D eigenvalue weighted by Gasteiger charge is 2.37. The number of pyridine rings is 1. The van der Waals surface area contributed by atoms with Gasteiger partial charge < -0.3 is 19.0 Å². The summed E-state index contributed by atoms with van der Waals surface area (Å²) in [7, 11) is 3.37. The molecule has 0 bridgehead atoms. The van der Waals surface area contributed by atoms with Crippen LogP contribution in [0.4, 0.5) is 13.2 Å². The van der Waals surface area contributed by atoms with Crippen LogP contribution in [0.3, 0.4) is 0 Å². The summed E-state index contributed by atoms with van der Waals surface area (Å²) in [5.74, 6) is 0.814. The zero-order valence-corrected chi connectivity index (χ0v) is 19.0. The van der Waals surface area contributed by atoms with E-state index >= 15 is 0 Å². The first-order valence-electron chi connectivity index (χ1n) is 10.5. The van der Waals surface area contributed by atoms with Crippen molar-refractivity contribution >= 4 is 0 Å². The molecule has 1 atom stereocenters. The summed E-state index contributed by atoms with van der Waals surface area (Å²) in [5, 5.41) is 11.2. The molecule has 1 unspecified atom stereocenters. The van der Waals surface area contributed by atoms with Crippen molar-refractivity contribution in [3.05, 3.63) is 64.8 Å². The van der Waals surface area contributed by atoms with E-state index in [9.17, 15) is 18.0 Å². The maximum Gasteiger partial charge on any atom is 0.408 e. The third-order valence-electron chi connectivity index (χ3n) is 5.28. The molecule has 4 rings (SSSR count). The minimum Gasteiger partial charge on any atom is -0.496 e. The molecular weight excluding hydrogens is 465 g/mol. The van der Waals surface area contributed by atoms with Crippen molar-refractivity contribution < 1.29 is 22.3 Å². The lowest BCUT2D eigenvalue weighted by atomic mass is 10.1. The van der Waals surface area contributed by atoms with E-state index in [0.29, 0.717) is 22.4 Å². The van der Waals surface area contributed by atoms with Gasteiger partial charge in [0.1, 0.15) is 17.5 Å². The number of nitrogens with one attached hydrogen (secondary N) is 1. The zero-order valence-electron chi connectivity index (χ0n) is 19.0. The Morgan fingerprint density at radius 3 is 2.57 bits per heavy atom. The van der Waals surface area contributed by atoms with Crippen LogP contribution in [0, 0.1) is 0 Å². The lowest BCUT2D eigenvalue weighted by Crippen LogP contribution is -2.31. The third kappa shape index (κ3) is 5.06. The second-order valence-corrected chi connectivity index (χ2v) is 7.65. The Balaban J connectivity index is 1.67. The Bertz CT molecular complexity index is 1400. The zero-order chi connectivity index (χ0) is 25.2. The summed E-state index contributed by atoms with van der Waals surface area (Å²) in [6.07, 6.45) is -0.720. The average molecular weight is 486 g/mol. The van der Waals surface area contributed by atoms with Crippen LogP contribution in [-0.2, 0) is 6.54 Å². The van der Waals surface area contributed by atoms with Gasteiger partial charge in [-0.25, -0.2) is 4.98 Å². The number of alkyl halides is 3. The maximum absolute atomic E-state index is 13.2. The fourth-order valence-corrected chi connectivity index (χ4v) is 3.39. The molecule has 3 aromatic heterocycles. The quantitative estimate of drug-likeness (QED) is 0.420. The fourth-order valence-electron chi connectivity index (χ4n) is 3.39. The Labute approximate surface area is 197 Å². The first-order chi connectivity index (χ1) is 16.7. The minimum absolute atomic E-state index is 0.0627. The van der Waals surface area contributed by atoms with Gasteiger partial charge in [0.2, 0.25) is 0 Å². The Kier molecular flexibility index (Phi) is 6.65. The van der Waals surface area contributed by atoms with Crippen LogP contribution in [0.1, 0.15) is 18.5 Å². The molecule has 12 heteroatoms. The highest BCUT2D eigenvalue weighted by atomic mass is 19.4. The molecular formula is C23H21F3N6O3. The Morgan fingerprint density at radius 1 is 1.11 bits per heavy atom. The number of rotatable bonds is 7. The van der Waals surface area contributed by atoms with E-state index < -0.39 is 17.8 Å². The van der Waals surface area contributed by atoms with Gasteiger partial charge in [-0.3, -0.25) is 9.78 Å². The number of hydrogen-bond acceptors (Lipinski definition) is 8. The van der Waals surface area contributed by atoms with Gasteiger partial charge in [-0.15, -0.1) is 10.2 Å². The number of halogens is 3. The average Bonchev–Trinajstić information content (AvgIpc) is 3.34. The molecule has 1 N–H and O–H groups in total. The molecule has 0 aliphatic heterocycles. The van der Waals surface area contributed by atoms with Gasteiger partial charge in [-0.2, -0.15) is 13.2 Å². The monoisotopic (exact) mass is 486 g/mol. The number of methoxy groups -OCH3 is 1. The van der Waals surface area contributed by atoms with Crippen LogP contribution in [0.15, 0.2) is 58.1 Å². The molecule has 0 aliphatic carbocycles. The van der Waals surface area contributed by atoms with Crippen LogP contribution < -0.4 is 15.6 Å². The summed E-state index contributed by atoms with van der Waals surface area (Å²) in [6.45, 7) is 1.57. The van der Waals surface area contributed by atoms with E-state index in [4.69, 9.17) is 9.15 Å². The van der Waals surface area contributed by atoms with Crippen molar-refractivity contribution in [1.82, 2.24) is 30.0 Å². The molecule has 0 amide bonds. The summed E-state index contributed by atoms with van der Waals surface area (Å²) in [6, 6.07) is 5.99. The topological polar surface area (TPSA) is 108 Å². The van der Waals surface area contributed by atoms with Crippen molar-refractivity contribution in [1.29, 1.82) is 0 Å². The van der Waals surface area contributed by atoms with Crippen molar-refractivity contribution in [2.75, 3.05) is 14.2 Å². The standard InChI is InChI=1S/C23H21F3N6O3/c1-13(23(24,25)26)32-12-15(5-7-20(32)33)17-10-28-11-18(29-17)22-31-30-21(35-22)16-6-4-14(9-27-2)8-19(16)34-3/h4-8,10-13,27H,9H2,1-3H3. The molecule has 182 valence electrons. The third-order valence-corrected chi connectivity index (χ3v) is 5.28. The second kappa shape index (κ2) is 9.66. The number of aromatic nitrogens is 5. The van der Waals surface area contributed by atoms with E-state index in [1.807, 2.05) is 19.2 Å². The molecule has 3 heterocycles. The lowest BCUT2D eigenvalue weighted by molar-refractivity contribution is -0.163. The number of nitrogens with zero attached hydrogens (tertiary/aromatic N) is 5. The van der Waals surface area contributed by atoms with Crippen LogP contribution >= 0.6 is 0 Å². The van der Waals surface area contributed by atoms with Crippen LogP contribution in [0.25, 0.3) is 34.3 Å². The van der Waals surface area contributed by atoms with E-state index in [2.05, 4.69) is 25.5 Å². The molecule has 35 heavy (non-hydrogen) atoms. The highest BCUT2D eigenvalue weighted by Crippen LogP contribution is 2.32. The molecule has 0 spiro atoms. The molecule has 0 saturated heterocycles. The molecule has 0 aliphatic rings. The normalized spacial score (nSPS) is 12.5. The predicted octanol–water partition coefficient (Wildman–Crippen LogP) is 3.87. The van der Waals surface area contributed by atoms with Crippen molar-refractivity contribution in [2.45, 2.75) is 25.7 Å². The highest BCUT2D eigenvalue weighted by molar-refractivity contribution is 5.65. The summed E-state index contributed by atoms with van der Waals surface area (Å²) >= 11 is 0. The van der Waals surface area contributed by atoms with Gasteiger partial charge in [0, 0.05) is 24.4 Å². The molecule has 9 nitrogen and oxygen atoms in total. The van der Waals surface area contributed by atoms with E-state index in [-0.39, 0.29) is 28.7 Å². The van der Waals surface area contributed by atoms with E-state index in [1.165, 1.54) is 25.6 Å². The molecule has 0 radical (unpaired) electrons. The van der Waals surface area contributed by atoms with Crippen LogP contribution in [-0.4, -0.2) is 45.1 Å². The van der Waals surface area contributed by atoms with Crippen molar-refractivity contribution in [2.24, 2.45) is 0 Å². The van der Waals surface area contributed by atoms with Gasteiger partial charge >= 0.3 is 6.18 Å². The largest absolute Gasteiger partial charge is 0.496 e. The Morgan fingerprint density at radius 2 is 1.86 bits per heavy atom. The predicted molar refractivity (Wildman–Crippen MR) is 121 cm³/mol. The SMILES string of the molecule is CNCc1ccc(-c2nnc(-c3cncc(-c4ccc(=O)n(C(C)C(F)(F)F)c4)n3)o2)c(OC)c1. The number of hydrogen-bond donors (Lipinski definition) is 1. The first-order valence-corrected chi connectivity index (χ1v) is 10.5. The number of ether oxygens (including phenoxy) is 1. The summed E-state index contributed by atoms with van der Waals surface area (Å²) in [5.41, 5.74) is 1.54. The van der Waals surface area contributed by atoms with Crippen molar-refractivity contribution in [3.63, 3.8) is 0 Å². The second-order valence-electron chi connectivity index (χ2n) is 7.65. The molecule has 0 fully saturated rings. The van der Waals surface area contributed by atoms with Gasteiger partial charge in [0.15, 0.2) is 0 Å². The summed E-state index contributed by atoms with van der Waals surface area (Å²) < 4.78 is 51.3. The Hall–Kier alpha value is -4.06. The molecule has 0 saturated carbocycles. The summed E-state index contributed by atoms with van der Waals surface area (Å²) in [4.78, 5) is 20.5. The number of benzene rings is 1. The van der Waals surface area contributed by atoms with Gasteiger partial charge in [-0.05, 0) is 37.7 Å². The first kappa shape index (κ1) is 24.1. The van der Waals surface area contributed by atoms with Gasteiger partial charge in [-0.1, -0.05) is 6.07 Å². The van der Waals surface area contributed by atoms with Crippen LogP contribution in [0.2, 0.25) is 0 Å². The smallest absolute Gasteiger partial charge is 0.408 e. The fraction of sp³-hybridized carbons (Fsp3) is 0.261. The van der Waals surface area contributed by atoms with E-state index in [1.54, 1.807) is 6.07 Å². The molecule has 4 aromatic rings. The van der Waals surface area contributed by atoms with Crippen LogP contribution in [0.5, 0.6) is 5.75 Å². The van der Waals surface area contributed by atoms with E-state index in [0.717, 1.165) is 24.8 Å². The van der Waals surface area contributed by atoms with Gasteiger partial charge in [0.05, 0.1) is 30.8 Å².